The van der Waals surface area contributed by atoms with Crippen molar-refractivity contribution in [2.24, 2.45) is 0 Å². The van der Waals surface area contributed by atoms with E-state index in [1.165, 1.54) is 0 Å². The summed E-state index contributed by atoms with van der Waals surface area (Å²) in [5, 5.41) is 0. The molecule has 0 N–H and O–H groups in total. The molecule has 0 fully saturated rings. The van der Waals surface area contributed by atoms with E-state index in [0.29, 0.717) is 6.07 Å². The molecule has 0 amide bonds. The topological polar surface area (TPSA) is 23.1 Å². The van der Waals surface area contributed by atoms with Gasteiger partial charge in [0.2, 0.25) is 5.75 Å². The van der Waals surface area contributed by atoms with E-state index >= 15 is 0 Å². The van der Waals surface area contributed by atoms with E-state index in [1.54, 1.807) is 0 Å². The third-order valence-electron chi connectivity index (χ3n) is 2.11. The molecular formula is C10H7F7OS. The molecule has 0 heterocycles. The summed E-state index contributed by atoms with van der Waals surface area (Å²) in [6, 6.07) is 0.582. The molecule has 0 spiro atoms. The van der Waals surface area contributed by atoms with Crippen LogP contribution in [0.15, 0.2) is 17.0 Å². The fourth-order valence-electron chi connectivity index (χ4n) is 1.34. The average molecular weight is 308 g/mol. The summed E-state index contributed by atoms with van der Waals surface area (Å²) in [5.74, 6) is -3.39. The minimum Gasteiger partial charge on any atom is -0.611 e. The highest BCUT2D eigenvalue weighted by Gasteiger charge is 2.39. The normalized spacial score (nSPS) is 14.6. The zero-order valence-electron chi connectivity index (χ0n) is 9.32. The van der Waals surface area contributed by atoms with Crippen LogP contribution in [0.5, 0.6) is 0 Å². The number of alkyl halides is 6. The number of halogens is 7. The molecule has 0 radical (unpaired) electrons. The van der Waals surface area contributed by atoms with Crippen molar-refractivity contribution in [3.8, 4) is 0 Å². The first kappa shape index (κ1) is 16.1. The maximum absolute atomic E-state index is 13.1. The van der Waals surface area contributed by atoms with Gasteiger partial charge in [-0.25, -0.2) is 4.39 Å². The van der Waals surface area contributed by atoms with Crippen LogP contribution in [-0.2, 0) is 17.4 Å². The lowest BCUT2D eigenvalue weighted by atomic mass is 10.1. The lowest BCUT2D eigenvalue weighted by Crippen LogP contribution is -2.24. The summed E-state index contributed by atoms with van der Waals surface area (Å²) in [5.41, 5.74) is -1.96. The first-order chi connectivity index (χ1) is 8.42. The largest absolute Gasteiger partial charge is 0.611 e. The van der Waals surface area contributed by atoms with E-state index in [9.17, 15) is 35.3 Å². The van der Waals surface area contributed by atoms with Gasteiger partial charge in [0.25, 0.3) is 0 Å². The van der Waals surface area contributed by atoms with Crippen LogP contribution >= 0.6 is 0 Å². The summed E-state index contributed by atoms with van der Waals surface area (Å²) in [7, 11) is 0. The van der Waals surface area contributed by atoms with Crippen LogP contribution in [-0.4, -0.2) is 16.5 Å². The van der Waals surface area contributed by atoms with E-state index in [-0.39, 0.29) is 11.6 Å². The van der Waals surface area contributed by atoms with Crippen LogP contribution in [0.25, 0.3) is 0 Å². The maximum Gasteiger partial charge on any atom is 0.433 e. The Bertz CT molecular complexity index is 466. The maximum atomic E-state index is 13.1. The Balaban J connectivity index is 3.22. The van der Waals surface area contributed by atoms with E-state index in [2.05, 4.69) is 0 Å². The quantitative estimate of drug-likeness (QED) is 0.601. The molecule has 9 heteroatoms. The van der Waals surface area contributed by atoms with Gasteiger partial charge in [-0.3, -0.25) is 0 Å². The van der Waals surface area contributed by atoms with E-state index < -0.39 is 45.6 Å². The number of hydrogen-bond donors (Lipinski definition) is 0. The SMILES string of the molecule is Cc1cc(F)c(C(F)(F)F)cc1[S+]([O-])CC(F)(F)F. The molecule has 0 aliphatic rings. The van der Waals surface area contributed by atoms with Gasteiger partial charge in [-0.1, -0.05) is 0 Å². The number of hydrogen-bond acceptors (Lipinski definition) is 1. The molecule has 19 heavy (non-hydrogen) atoms. The van der Waals surface area contributed by atoms with E-state index in [0.717, 1.165) is 6.92 Å². The molecule has 0 aliphatic carbocycles. The van der Waals surface area contributed by atoms with Crippen molar-refractivity contribution in [3.05, 3.63) is 29.1 Å². The molecule has 108 valence electrons. The predicted molar refractivity (Wildman–Crippen MR) is 53.5 cm³/mol. The Hall–Kier alpha value is -0.960. The summed E-state index contributed by atoms with van der Waals surface area (Å²) in [6.07, 6.45) is -9.85. The van der Waals surface area contributed by atoms with Gasteiger partial charge in [-0.15, -0.1) is 0 Å². The number of aryl methyl sites for hydroxylation is 1. The van der Waals surface area contributed by atoms with Gasteiger partial charge in [-0.05, 0) is 24.2 Å². The van der Waals surface area contributed by atoms with Crippen molar-refractivity contribution in [1.29, 1.82) is 0 Å². The molecule has 1 aromatic carbocycles. The van der Waals surface area contributed by atoms with Crippen molar-refractivity contribution in [2.45, 2.75) is 24.2 Å². The standard InChI is InChI=1S/C10H7F7OS/c1-5-2-7(11)6(10(15,16)17)3-8(5)19(18)4-9(12,13)14/h2-3H,4H2,1H3. The van der Waals surface area contributed by atoms with Gasteiger partial charge < -0.3 is 4.55 Å². The number of benzene rings is 1. The van der Waals surface area contributed by atoms with Crippen molar-refractivity contribution in [2.75, 3.05) is 5.75 Å². The second-order valence-electron chi connectivity index (χ2n) is 3.70. The minimum absolute atomic E-state index is 0.159. The zero-order valence-corrected chi connectivity index (χ0v) is 10.1. The highest BCUT2D eigenvalue weighted by molar-refractivity contribution is 7.91. The Kier molecular flexibility index (Phi) is 4.40. The Labute approximate surface area is 106 Å². The van der Waals surface area contributed by atoms with Gasteiger partial charge in [0.1, 0.15) is 5.82 Å². The molecule has 0 aliphatic heterocycles. The highest BCUT2D eigenvalue weighted by atomic mass is 32.2. The molecule has 1 aromatic rings. The highest BCUT2D eigenvalue weighted by Crippen LogP contribution is 2.35. The molecule has 0 bridgehead atoms. The average Bonchev–Trinajstić information content (AvgIpc) is 2.11. The first-order valence-electron chi connectivity index (χ1n) is 4.74. The molecular weight excluding hydrogens is 301 g/mol. The van der Waals surface area contributed by atoms with Crippen LogP contribution in [0, 0.1) is 12.7 Å². The summed E-state index contributed by atoms with van der Waals surface area (Å²) >= 11 is -2.71. The third-order valence-corrected chi connectivity index (χ3v) is 3.63. The second kappa shape index (κ2) is 5.20. The van der Waals surface area contributed by atoms with Crippen LogP contribution in [0.2, 0.25) is 0 Å². The summed E-state index contributed by atoms with van der Waals surface area (Å²) in [6.45, 7) is 1.09. The van der Waals surface area contributed by atoms with Gasteiger partial charge in [0.05, 0.1) is 5.56 Å². The molecule has 1 unspecified atom stereocenters. The lowest BCUT2D eigenvalue weighted by Gasteiger charge is -2.16. The second-order valence-corrected chi connectivity index (χ2v) is 5.12. The molecule has 1 nitrogen and oxygen atoms in total. The lowest BCUT2D eigenvalue weighted by molar-refractivity contribution is -0.140. The van der Waals surface area contributed by atoms with Crippen molar-refractivity contribution < 1.29 is 35.3 Å². The fraction of sp³-hybridized carbons (Fsp3) is 0.400. The predicted octanol–water partition coefficient (Wildman–Crippen LogP) is 3.82. The molecule has 0 aromatic heterocycles. The van der Waals surface area contributed by atoms with Crippen LogP contribution in [0.4, 0.5) is 30.7 Å². The van der Waals surface area contributed by atoms with Crippen molar-refractivity contribution in [1.82, 2.24) is 0 Å². The Morgan fingerprint density at radius 2 is 1.63 bits per heavy atom. The first-order valence-corrected chi connectivity index (χ1v) is 6.06. The van der Waals surface area contributed by atoms with Gasteiger partial charge >= 0.3 is 12.4 Å². The van der Waals surface area contributed by atoms with Crippen LogP contribution in [0.1, 0.15) is 11.1 Å². The van der Waals surface area contributed by atoms with Crippen molar-refractivity contribution in [3.63, 3.8) is 0 Å². The fourth-order valence-corrected chi connectivity index (χ4v) is 2.46. The van der Waals surface area contributed by atoms with Gasteiger partial charge in [-0.2, -0.15) is 26.3 Å². The minimum atomic E-state index is -5.06. The van der Waals surface area contributed by atoms with Crippen LogP contribution in [0.3, 0.4) is 0 Å². The molecule has 0 saturated heterocycles. The van der Waals surface area contributed by atoms with Gasteiger partial charge in [0, 0.05) is 11.6 Å². The zero-order chi connectivity index (χ0) is 15.0. The molecule has 0 saturated carbocycles. The molecule has 1 atom stereocenters. The summed E-state index contributed by atoms with van der Waals surface area (Å²) in [4.78, 5) is -0.675. The van der Waals surface area contributed by atoms with E-state index in [1.807, 2.05) is 0 Å². The smallest absolute Gasteiger partial charge is 0.433 e. The third kappa shape index (κ3) is 4.27. The van der Waals surface area contributed by atoms with Crippen molar-refractivity contribution >= 4 is 11.2 Å². The van der Waals surface area contributed by atoms with E-state index in [4.69, 9.17) is 0 Å². The summed E-state index contributed by atoms with van der Waals surface area (Å²) < 4.78 is 97.8. The monoisotopic (exact) mass is 308 g/mol. The van der Waals surface area contributed by atoms with Gasteiger partial charge in [0.15, 0.2) is 4.90 Å². The Morgan fingerprint density at radius 1 is 1.11 bits per heavy atom. The molecule has 1 rings (SSSR count). The van der Waals surface area contributed by atoms with Crippen LogP contribution < -0.4 is 0 Å². The Morgan fingerprint density at radius 3 is 2.05 bits per heavy atom. The number of rotatable bonds is 2.